The Kier molecular flexibility index (Phi) is 18.2. The number of rotatable bonds is 13. The SMILES string of the molecule is CC(C)CCC[C@@H](C)[C@H]1CC[C@H]2[C@@H]3CC=C4C[C@@H](O)CC[C@]4(C)[C@H]3CC[C@]12C.CC(C)CCC[C@@H](C)[C@H]1CC[C@H]2[C@@H]3CC=C4C[C@@H](OC(=O)C5COc6cscc6O5)CC[C@]4(C)[C@H]3CC[C@]12C.O=C(O)C1COc2cscc2O1. The smallest absolute Gasteiger partial charge is 0.351 e. The van der Waals surface area contributed by atoms with Crippen LogP contribution < -0.4 is 18.9 Å². The Labute approximate surface area is 484 Å². The Morgan fingerprint density at radius 3 is 1.56 bits per heavy atom. The van der Waals surface area contributed by atoms with Crippen LogP contribution in [0.25, 0.3) is 0 Å². The summed E-state index contributed by atoms with van der Waals surface area (Å²) >= 11 is 2.95. The van der Waals surface area contributed by atoms with Crippen molar-refractivity contribution >= 4 is 34.6 Å². The Bertz CT molecular complexity index is 2470. The molecule has 6 fully saturated rings. The van der Waals surface area contributed by atoms with Crippen LogP contribution in [-0.2, 0) is 14.3 Å². The van der Waals surface area contributed by atoms with E-state index in [4.69, 9.17) is 28.8 Å². The number of carbonyl (C=O) groups excluding carboxylic acids is 1. The van der Waals surface area contributed by atoms with Crippen LogP contribution >= 0.6 is 22.7 Å². The largest absolute Gasteiger partial charge is 0.484 e. The summed E-state index contributed by atoms with van der Waals surface area (Å²) in [6, 6.07) is 0. The summed E-state index contributed by atoms with van der Waals surface area (Å²) in [7, 11) is 0. The first-order chi connectivity index (χ1) is 37.7. The van der Waals surface area contributed by atoms with Crippen LogP contribution in [0.15, 0.2) is 44.8 Å². The van der Waals surface area contributed by atoms with Crippen LogP contribution in [0.2, 0.25) is 0 Å². The Balaban J connectivity index is 0.000000152. The molecule has 4 heterocycles. The quantitative estimate of drug-likeness (QED) is 0.149. The van der Waals surface area contributed by atoms with Gasteiger partial charge in [0.25, 0.3) is 0 Å². The van der Waals surface area contributed by atoms with Gasteiger partial charge in [-0.2, -0.15) is 0 Å². The normalized spacial score (nSPS) is 39.3. The van der Waals surface area contributed by atoms with Crippen molar-refractivity contribution in [1.29, 1.82) is 0 Å². The topological polar surface area (TPSA) is 121 Å². The number of esters is 1. The van der Waals surface area contributed by atoms with E-state index >= 15 is 0 Å². The molecule has 79 heavy (non-hydrogen) atoms. The lowest BCUT2D eigenvalue weighted by Gasteiger charge is -2.58. The molecule has 18 atom stereocenters. The van der Waals surface area contributed by atoms with Gasteiger partial charge in [-0.05, 0) is 189 Å². The van der Waals surface area contributed by atoms with Gasteiger partial charge in [0.05, 0.1) is 6.10 Å². The molecule has 2 aromatic heterocycles. The number of thiophene rings is 2. The molecule has 2 aliphatic heterocycles. The molecule has 2 aromatic rings. The maximum Gasteiger partial charge on any atom is 0.351 e. The predicted octanol–water partition coefficient (Wildman–Crippen LogP) is 17.2. The second-order valence-corrected chi connectivity index (χ2v) is 30.6. The molecule has 10 aliphatic rings. The van der Waals surface area contributed by atoms with E-state index < -0.39 is 18.2 Å². The van der Waals surface area contributed by atoms with E-state index in [2.05, 4.69) is 81.4 Å². The van der Waals surface area contributed by atoms with Gasteiger partial charge < -0.3 is 33.9 Å². The van der Waals surface area contributed by atoms with Gasteiger partial charge in [0.15, 0.2) is 23.0 Å². The van der Waals surface area contributed by atoms with Crippen LogP contribution in [0.3, 0.4) is 0 Å². The number of fused-ring (bicyclic) bond motifs is 12. The van der Waals surface area contributed by atoms with E-state index in [1.807, 2.05) is 10.8 Å². The van der Waals surface area contributed by atoms with E-state index in [1.165, 1.54) is 132 Å². The van der Waals surface area contributed by atoms with Gasteiger partial charge in [-0.25, -0.2) is 9.59 Å². The molecule has 6 saturated carbocycles. The van der Waals surface area contributed by atoms with E-state index in [9.17, 15) is 14.7 Å². The molecule has 0 amide bonds. The molecule has 12 rings (SSSR count). The Hall–Kier alpha value is -3.02. The zero-order valence-electron chi connectivity index (χ0n) is 50.2. The molecule has 0 bridgehead atoms. The third kappa shape index (κ3) is 11.9. The van der Waals surface area contributed by atoms with Crippen LogP contribution in [0.1, 0.15) is 210 Å². The minimum Gasteiger partial charge on any atom is -0.484 e. The summed E-state index contributed by atoms with van der Waals surface area (Å²) in [4.78, 5) is 23.5. The van der Waals surface area contributed by atoms with Crippen molar-refractivity contribution in [3.05, 3.63) is 44.8 Å². The monoisotopic (exact) mass is 1130 g/mol. The molecule has 2 unspecified atom stereocenters. The zero-order chi connectivity index (χ0) is 56.0. The maximum absolute atomic E-state index is 13.0. The molecule has 0 aromatic carbocycles. The fraction of sp³-hybridized carbons (Fsp3) is 0.794. The van der Waals surface area contributed by atoms with E-state index in [-0.39, 0.29) is 36.8 Å². The first-order valence-corrected chi connectivity index (χ1v) is 33.8. The predicted molar refractivity (Wildman–Crippen MR) is 318 cm³/mol. The number of aliphatic hydroxyl groups is 1. The first kappa shape index (κ1) is 59.2. The average molecular weight is 1130 g/mol. The minimum absolute atomic E-state index is 0.0442. The molecular formula is C68H102O9S2. The fourth-order valence-electron chi connectivity index (χ4n) is 19.5. The summed E-state index contributed by atoms with van der Waals surface area (Å²) in [6.07, 6.45) is 32.2. The maximum atomic E-state index is 13.0. The number of carboxylic acids is 1. The molecule has 9 nitrogen and oxygen atoms in total. The third-order valence-electron chi connectivity index (χ3n) is 23.9. The lowest BCUT2D eigenvalue weighted by molar-refractivity contribution is -0.162. The van der Waals surface area contributed by atoms with Gasteiger partial charge in [0.1, 0.15) is 19.3 Å². The average Bonchev–Trinajstić information content (AvgIpc) is 3.72. The van der Waals surface area contributed by atoms with Crippen molar-refractivity contribution in [3.63, 3.8) is 0 Å². The number of aliphatic carboxylic acids is 1. The molecular weight excluding hydrogens is 1020 g/mol. The zero-order valence-corrected chi connectivity index (χ0v) is 51.9. The van der Waals surface area contributed by atoms with Crippen molar-refractivity contribution in [2.75, 3.05) is 13.2 Å². The number of carbonyl (C=O) groups is 2. The van der Waals surface area contributed by atoms with Gasteiger partial charge in [0.2, 0.25) is 12.2 Å². The molecule has 0 radical (unpaired) electrons. The summed E-state index contributed by atoms with van der Waals surface area (Å²) in [6.45, 7) is 25.4. The third-order valence-corrected chi connectivity index (χ3v) is 25.3. The fourth-order valence-corrected chi connectivity index (χ4v) is 20.9. The molecule has 440 valence electrons. The van der Waals surface area contributed by atoms with Gasteiger partial charge in [-0.1, -0.05) is 131 Å². The highest BCUT2D eigenvalue weighted by atomic mass is 32.1. The van der Waals surface area contributed by atoms with Crippen molar-refractivity contribution in [3.8, 4) is 23.0 Å². The Morgan fingerprint density at radius 2 is 1.05 bits per heavy atom. The van der Waals surface area contributed by atoms with Crippen LogP contribution in [-0.4, -0.2) is 59.8 Å². The number of hydrogen-bond donors (Lipinski definition) is 2. The van der Waals surface area contributed by atoms with Gasteiger partial charge in [-0.3, -0.25) is 0 Å². The second-order valence-electron chi connectivity index (χ2n) is 29.2. The van der Waals surface area contributed by atoms with Crippen molar-refractivity contribution in [2.45, 2.75) is 235 Å². The summed E-state index contributed by atoms with van der Waals surface area (Å²) in [5.74, 6) is 11.8. The highest BCUT2D eigenvalue weighted by molar-refractivity contribution is 7.08. The van der Waals surface area contributed by atoms with Crippen molar-refractivity contribution in [2.24, 2.45) is 92.7 Å². The van der Waals surface area contributed by atoms with E-state index in [1.54, 1.807) is 21.9 Å². The lowest BCUT2D eigenvalue weighted by atomic mass is 9.47. The van der Waals surface area contributed by atoms with Crippen LogP contribution in [0.4, 0.5) is 0 Å². The number of allylic oxidation sites excluding steroid dienone is 2. The molecule has 2 N–H and O–H groups in total. The van der Waals surface area contributed by atoms with E-state index in [0.29, 0.717) is 33.5 Å². The van der Waals surface area contributed by atoms with Gasteiger partial charge >= 0.3 is 11.9 Å². The Morgan fingerprint density at radius 1 is 0.582 bits per heavy atom. The van der Waals surface area contributed by atoms with Crippen molar-refractivity contribution < 1.29 is 43.5 Å². The van der Waals surface area contributed by atoms with Crippen molar-refractivity contribution in [1.82, 2.24) is 0 Å². The molecule has 11 heteroatoms. The summed E-state index contributed by atoms with van der Waals surface area (Å²) in [5, 5.41) is 26.1. The van der Waals surface area contributed by atoms with Crippen LogP contribution in [0, 0.1) is 92.7 Å². The van der Waals surface area contributed by atoms with E-state index in [0.717, 1.165) is 109 Å². The lowest BCUT2D eigenvalue weighted by Crippen LogP contribution is -2.51. The summed E-state index contributed by atoms with van der Waals surface area (Å²) < 4.78 is 27.9. The summed E-state index contributed by atoms with van der Waals surface area (Å²) in [5.41, 5.74) is 4.96. The number of ether oxygens (including phenoxy) is 5. The molecule has 0 spiro atoms. The highest BCUT2D eigenvalue weighted by Gasteiger charge is 2.61. The second kappa shape index (κ2) is 24.3. The van der Waals surface area contributed by atoms with Gasteiger partial charge in [0, 0.05) is 27.9 Å². The number of aliphatic hydroxyl groups excluding tert-OH is 1. The highest BCUT2D eigenvalue weighted by Crippen LogP contribution is 2.69. The van der Waals surface area contributed by atoms with Gasteiger partial charge in [-0.15, -0.1) is 22.7 Å². The molecule has 8 aliphatic carbocycles. The minimum atomic E-state index is -0.994. The first-order valence-electron chi connectivity index (χ1n) is 31.9. The number of hydrogen-bond acceptors (Lipinski definition) is 10. The van der Waals surface area contributed by atoms with Crippen LogP contribution in [0.5, 0.6) is 23.0 Å². The molecule has 0 saturated heterocycles. The number of carboxylic acid groups (broad SMARTS) is 1. The standard InChI is InChI=1S/C34H50O4S.C27H46O.C7H6O4S/c1-21(2)7-6-8-22(3)26-11-12-27-25-10-9-23-17-24(13-15-33(23,4)28(25)14-16-34(26,27)5)37-32(35)29-18-36-30-19-39-20-31(30)38-29;1-18(2)7-6-8-19(3)23-11-12-24-22-10-9-20-17-21(28)13-15-26(20,4)25(22)14-16-27(23,24)5;8-7(9)4-1-10-5-2-12-3-6(5)11-4/h9,19-22,24-29H,6-8,10-18H2,1-5H3;9,18-19,21-25,28H,6-8,10-17H2,1-5H3;2-4H,1H2,(H,8,9)/t22-,24+,25+,26-,27+,28+,29?,33+,34-;19-,21+,22+,23-,24+,25+,26+,27-;/m11./s1.